The second-order valence-electron chi connectivity index (χ2n) is 6.03. The Kier molecular flexibility index (Phi) is 4.58. The van der Waals surface area contributed by atoms with Crippen LogP contribution in [0.2, 0.25) is 5.02 Å². The predicted molar refractivity (Wildman–Crippen MR) is 108 cm³/mol. The molecule has 0 unspecified atom stereocenters. The number of hydrogen-bond donors (Lipinski definition) is 3. The molecule has 0 aliphatic heterocycles. The van der Waals surface area contributed by atoms with Gasteiger partial charge in [-0.15, -0.1) is 0 Å². The second-order valence-corrected chi connectivity index (χ2v) is 6.44. The molecule has 1 aromatic heterocycles. The van der Waals surface area contributed by atoms with Gasteiger partial charge in [0.05, 0.1) is 10.4 Å². The first-order valence-electron chi connectivity index (χ1n) is 8.28. The average molecular weight is 397 g/mol. The number of hydrogen-bond acceptors (Lipinski definition) is 4. The predicted octanol–water partition coefficient (Wildman–Crippen LogP) is 5.51. The minimum atomic E-state index is -0.549. The SMILES string of the molecule is Nc1onc2cccc(-c3ccc(NC(=O)Nc4ccc(F)c(Cl)c4)cc3)c12. The van der Waals surface area contributed by atoms with Crippen molar-refractivity contribution in [3.63, 3.8) is 0 Å². The number of nitrogens with two attached hydrogens (primary N) is 1. The van der Waals surface area contributed by atoms with Gasteiger partial charge >= 0.3 is 6.03 Å². The maximum atomic E-state index is 13.2. The van der Waals surface area contributed by atoms with Crippen molar-refractivity contribution in [2.75, 3.05) is 16.4 Å². The number of benzene rings is 3. The molecule has 8 heteroatoms. The van der Waals surface area contributed by atoms with Crippen LogP contribution in [-0.2, 0) is 0 Å². The summed E-state index contributed by atoms with van der Waals surface area (Å²) in [5, 5.41) is 9.89. The number of nitrogens with zero attached hydrogens (tertiary/aromatic N) is 1. The number of halogens is 2. The Morgan fingerprint density at radius 1 is 1.04 bits per heavy atom. The monoisotopic (exact) mass is 396 g/mol. The molecule has 0 fully saturated rings. The molecule has 6 nitrogen and oxygen atoms in total. The number of fused-ring (bicyclic) bond motifs is 1. The van der Waals surface area contributed by atoms with Crippen molar-refractivity contribution in [2.24, 2.45) is 0 Å². The van der Waals surface area contributed by atoms with Gasteiger partial charge in [0.2, 0.25) is 5.88 Å². The zero-order valence-corrected chi connectivity index (χ0v) is 15.1. The van der Waals surface area contributed by atoms with E-state index in [4.69, 9.17) is 21.9 Å². The van der Waals surface area contributed by atoms with Crippen molar-refractivity contribution < 1.29 is 13.7 Å². The Balaban J connectivity index is 1.51. The molecular weight excluding hydrogens is 383 g/mol. The average Bonchev–Trinajstić information content (AvgIpc) is 3.07. The van der Waals surface area contributed by atoms with Crippen LogP contribution in [0.1, 0.15) is 0 Å². The molecule has 0 aliphatic carbocycles. The molecule has 0 saturated heterocycles. The number of amides is 2. The largest absolute Gasteiger partial charge is 0.367 e. The van der Waals surface area contributed by atoms with E-state index >= 15 is 0 Å². The van der Waals surface area contributed by atoms with Crippen molar-refractivity contribution in [2.45, 2.75) is 0 Å². The van der Waals surface area contributed by atoms with Crippen molar-refractivity contribution in [1.29, 1.82) is 0 Å². The molecule has 4 rings (SSSR count). The minimum Gasteiger partial charge on any atom is -0.367 e. The van der Waals surface area contributed by atoms with Crippen LogP contribution in [-0.4, -0.2) is 11.2 Å². The molecule has 0 atom stereocenters. The fraction of sp³-hybridized carbons (Fsp3) is 0. The standard InChI is InChI=1S/C20H14ClFN4O2/c21-15-10-13(8-9-16(15)22)25-20(27)24-12-6-4-11(5-7-12)14-2-1-3-17-18(14)19(23)28-26-17/h1-10H,23H2,(H2,24,25,27). The summed E-state index contributed by atoms with van der Waals surface area (Å²) in [7, 11) is 0. The Hall–Kier alpha value is -3.58. The molecule has 0 aliphatic rings. The van der Waals surface area contributed by atoms with E-state index < -0.39 is 11.8 Å². The number of urea groups is 1. The van der Waals surface area contributed by atoms with Gasteiger partial charge in [-0.3, -0.25) is 0 Å². The molecule has 0 bridgehead atoms. The number of nitrogen functional groups attached to an aromatic ring is 1. The van der Waals surface area contributed by atoms with E-state index in [1.807, 2.05) is 30.3 Å². The number of anilines is 3. The van der Waals surface area contributed by atoms with E-state index in [-0.39, 0.29) is 10.9 Å². The topological polar surface area (TPSA) is 93.2 Å². The van der Waals surface area contributed by atoms with E-state index in [9.17, 15) is 9.18 Å². The summed E-state index contributed by atoms with van der Waals surface area (Å²) < 4.78 is 18.2. The summed E-state index contributed by atoms with van der Waals surface area (Å²) in [6.07, 6.45) is 0. The van der Waals surface area contributed by atoms with Crippen LogP contribution in [0.5, 0.6) is 0 Å². The van der Waals surface area contributed by atoms with Crippen LogP contribution in [0.25, 0.3) is 22.0 Å². The Labute approximate surface area is 164 Å². The molecular formula is C20H14ClFN4O2. The Morgan fingerprint density at radius 3 is 2.50 bits per heavy atom. The Morgan fingerprint density at radius 2 is 1.75 bits per heavy atom. The fourth-order valence-electron chi connectivity index (χ4n) is 2.86. The third-order valence-electron chi connectivity index (χ3n) is 4.16. The van der Waals surface area contributed by atoms with Gasteiger partial charge in [-0.2, -0.15) is 0 Å². The van der Waals surface area contributed by atoms with Crippen LogP contribution in [0.3, 0.4) is 0 Å². The molecule has 0 spiro atoms. The summed E-state index contributed by atoms with van der Waals surface area (Å²) in [6, 6.07) is 16.3. The maximum Gasteiger partial charge on any atom is 0.323 e. The van der Waals surface area contributed by atoms with E-state index in [2.05, 4.69) is 15.8 Å². The van der Waals surface area contributed by atoms with Gasteiger partial charge in [-0.25, -0.2) is 9.18 Å². The van der Waals surface area contributed by atoms with Crippen molar-refractivity contribution in [3.8, 4) is 11.1 Å². The molecule has 0 radical (unpaired) electrons. The quantitative estimate of drug-likeness (QED) is 0.425. The van der Waals surface area contributed by atoms with Gasteiger partial charge in [0.15, 0.2) is 0 Å². The number of aromatic nitrogens is 1. The minimum absolute atomic E-state index is 0.0654. The van der Waals surface area contributed by atoms with Crippen LogP contribution < -0.4 is 16.4 Å². The molecule has 4 N–H and O–H groups in total. The third-order valence-corrected chi connectivity index (χ3v) is 4.45. The molecule has 140 valence electrons. The molecule has 0 saturated carbocycles. The molecule has 28 heavy (non-hydrogen) atoms. The first kappa shape index (κ1) is 17.8. The van der Waals surface area contributed by atoms with Gasteiger partial charge in [-0.1, -0.05) is 41.0 Å². The molecule has 3 aromatic carbocycles. The number of carbonyl (C=O) groups excluding carboxylic acids is 1. The summed E-state index contributed by atoms with van der Waals surface area (Å²) in [5.74, 6) is -0.295. The third kappa shape index (κ3) is 3.47. The highest BCUT2D eigenvalue weighted by Gasteiger charge is 2.12. The lowest BCUT2D eigenvalue weighted by atomic mass is 10.0. The van der Waals surface area contributed by atoms with E-state index in [1.165, 1.54) is 18.2 Å². The smallest absolute Gasteiger partial charge is 0.323 e. The number of rotatable bonds is 3. The summed E-state index contributed by atoms with van der Waals surface area (Å²) in [5.41, 5.74) is 9.30. The van der Waals surface area contributed by atoms with Crippen LogP contribution in [0.15, 0.2) is 65.2 Å². The normalized spacial score (nSPS) is 10.8. The first-order valence-corrected chi connectivity index (χ1v) is 8.66. The zero-order chi connectivity index (χ0) is 19.7. The highest BCUT2D eigenvalue weighted by molar-refractivity contribution is 6.31. The lowest BCUT2D eigenvalue weighted by molar-refractivity contribution is 0.262. The zero-order valence-electron chi connectivity index (χ0n) is 14.4. The number of carbonyl (C=O) groups is 1. The molecule has 2 amide bonds. The van der Waals surface area contributed by atoms with Crippen LogP contribution in [0, 0.1) is 5.82 Å². The van der Waals surface area contributed by atoms with E-state index in [0.29, 0.717) is 16.9 Å². The van der Waals surface area contributed by atoms with Crippen molar-refractivity contribution in [3.05, 3.63) is 71.5 Å². The van der Waals surface area contributed by atoms with Gasteiger partial charge in [0, 0.05) is 11.4 Å². The molecule has 4 aromatic rings. The van der Waals surface area contributed by atoms with Crippen molar-refractivity contribution >= 4 is 45.8 Å². The van der Waals surface area contributed by atoms with E-state index in [1.54, 1.807) is 12.1 Å². The fourth-order valence-corrected chi connectivity index (χ4v) is 3.04. The summed E-state index contributed by atoms with van der Waals surface area (Å²) >= 11 is 5.71. The maximum absolute atomic E-state index is 13.2. The van der Waals surface area contributed by atoms with Crippen LogP contribution >= 0.6 is 11.6 Å². The number of nitrogens with one attached hydrogen (secondary N) is 2. The molecule has 1 heterocycles. The lowest BCUT2D eigenvalue weighted by Gasteiger charge is -2.09. The van der Waals surface area contributed by atoms with Crippen molar-refractivity contribution in [1.82, 2.24) is 5.16 Å². The highest BCUT2D eigenvalue weighted by atomic mass is 35.5. The second kappa shape index (κ2) is 7.21. The summed E-state index contributed by atoms with van der Waals surface area (Å²) in [6.45, 7) is 0. The van der Waals surface area contributed by atoms with E-state index in [0.717, 1.165) is 16.5 Å². The highest BCUT2D eigenvalue weighted by Crippen LogP contribution is 2.32. The Bertz CT molecular complexity index is 1170. The van der Waals surface area contributed by atoms with Crippen LogP contribution in [0.4, 0.5) is 26.4 Å². The lowest BCUT2D eigenvalue weighted by Crippen LogP contribution is -2.19. The van der Waals surface area contributed by atoms with Gasteiger partial charge in [0.1, 0.15) is 11.3 Å². The first-order chi connectivity index (χ1) is 13.5. The van der Waals surface area contributed by atoms with Gasteiger partial charge in [0.25, 0.3) is 0 Å². The summed E-state index contributed by atoms with van der Waals surface area (Å²) in [4.78, 5) is 12.1. The van der Waals surface area contributed by atoms with Gasteiger partial charge < -0.3 is 20.9 Å². The van der Waals surface area contributed by atoms with Gasteiger partial charge in [-0.05, 0) is 47.5 Å².